The molecule has 2 aliphatic rings. The van der Waals surface area contributed by atoms with E-state index in [4.69, 9.17) is 0 Å². The van der Waals surface area contributed by atoms with Crippen molar-refractivity contribution < 1.29 is 13.2 Å². The van der Waals surface area contributed by atoms with Crippen molar-refractivity contribution in [2.24, 2.45) is 0 Å². The number of amides is 1. The highest BCUT2D eigenvalue weighted by Gasteiger charge is 2.40. The van der Waals surface area contributed by atoms with Crippen LogP contribution in [0.25, 0.3) is 5.57 Å². The van der Waals surface area contributed by atoms with Gasteiger partial charge in [-0.25, -0.2) is 12.7 Å². The molecule has 4 rings (SSSR count). The Morgan fingerprint density at radius 2 is 1.62 bits per heavy atom. The molecule has 0 spiro atoms. The van der Waals surface area contributed by atoms with Crippen molar-refractivity contribution in [2.75, 3.05) is 6.54 Å². The van der Waals surface area contributed by atoms with E-state index in [0.29, 0.717) is 5.57 Å². The third kappa shape index (κ3) is 3.79. The Kier molecular flexibility index (Phi) is 5.41. The molecule has 5 heteroatoms. The van der Waals surface area contributed by atoms with E-state index in [1.54, 1.807) is 24.3 Å². The second kappa shape index (κ2) is 7.99. The molecule has 0 unspecified atom stereocenters. The molecule has 0 atom stereocenters. The maximum Gasteiger partial charge on any atom is 0.268 e. The largest absolute Gasteiger partial charge is 0.268 e. The maximum atomic E-state index is 13.4. The zero-order valence-electron chi connectivity index (χ0n) is 16.6. The zero-order chi connectivity index (χ0) is 20.4. The van der Waals surface area contributed by atoms with Crippen LogP contribution in [0.4, 0.5) is 0 Å². The monoisotopic (exact) mass is 407 g/mol. The molecule has 0 aromatic heterocycles. The van der Waals surface area contributed by atoms with Gasteiger partial charge in [-0.2, -0.15) is 0 Å². The third-order valence-corrected chi connectivity index (χ3v) is 7.38. The van der Waals surface area contributed by atoms with Gasteiger partial charge in [-0.1, -0.05) is 60.5 Å². The molecule has 1 heterocycles. The summed E-state index contributed by atoms with van der Waals surface area (Å²) in [4.78, 5) is 13.6. The number of aryl methyl sites for hydroxylation is 1. The van der Waals surface area contributed by atoms with Crippen LogP contribution in [0.2, 0.25) is 0 Å². The third-order valence-electron chi connectivity index (χ3n) is 5.64. The number of nitrogens with zero attached hydrogens (tertiary/aromatic N) is 1. The Balaban J connectivity index is 1.79. The molecular formula is C24H25NO3S. The number of carbonyl (C=O) groups excluding carboxylic acids is 1. The quantitative estimate of drug-likeness (QED) is 0.726. The van der Waals surface area contributed by atoms with Gasteiger partial charge in [-0.15, -0.1) is 0 Å². The van der Waals surface area contributed by atoms with Crippen LogP contribution in [-0.4, -0.2) is 25.2 Å². The molecule has 1 aliphatic heterocycles. The molecule has 1 amide bonds. The van der Waals surface area contributed by atoms with E-state index in [1.165, 1.54) is 0 Å². The first-order chi connectivity index (χ1) is 14.0. The van der Waals surface area contributed by atoms with E-state index in [1.807, 2.05) is 37.3 Å². The molecule has 29 heavy (non-hydrogen) atoms. The number of carbonyl (C=O) groups is 1. The van der Waals surface area contributed by atoms with Crippen LogP contribution in [0.1, 0.15) is 43.2 Å². The fourth-order valence-corrected chi connectivity index (χ4v) is 5.37. The van der Waals surface area contributed by atoms with E-state index in [-0.39, 0.29) is 11.4 Å². The Hall–Kier alpha value is -2.66. The van der Waals surface area contributed by atoms with Crippen molar-refractivity contribution in [3.05, 3.63) is 82.9 Å². The van der Waals surface area contributed by atoms with Crippen LogP contribution in [0.15, 0.2) is 76.7 Å². The molecule has 0 radical (unpaired) electrons. The van der Waals surface area contributed by atoms with Crippen molar-refractivity contribution in [1.29, 1.82) is 0 Å². The number of hydrogen-bond donors (Lipinski definition) is 0. The molecule has 0 bridgehead atoms. The first kappa shape index (κ1) is 19.6. The van der Waals surface area contributed by atoms with Crippen molar-refractivity contribution in [3.8, 4) is 0 Å². The van der Waals surface area contributed by atoms with Gasteiger partial charge in [0.1, 0.15) is 0 Å². The van der Waals surface area contributed by atoms with Gasteiger partial charge >= 0.3 is 0 Å². The van der Waals surface area contributed by atoms with Gasteiger partial charge in [-0.3, -0.25) is 4.79 Å². The van der Waals surface area contributed by atoms with E-state index in [0.717, 1.165) is 58.7 Å². The summed E-state index contributed by atoms with van der Waals surface area (Å²) in [6.45, 7) is 1.98. The lowest BCUT2D eigenvalue weighted by atomic mass is 9.94. The van der Waals surface area contributed by atoms with Gasteiger partial charge in [0.15, 0.2) is 0 Å². The number of sulfonamides is 1. The minimum atomic E-state index is -3.91. The molecule has 1 aliphatic carbocycles. The molecule has 0 N–H and O–H groups in total. The van der Waals surface area contributed by atoms with E-state index < -0.39 is 15.9 Å². The van der Waals surface area contributed by atoms with Crippen molar-refractivity contribution >= 4 is 21.5 Å². The minimum absolute atomic E-state index is 0.0751. The summed E-state index contributed by atoms with van der Waals surface area (Å²) in [7, 11) is -3.91. The Labute approximate surface area is 172 Å². The lowest BCUT2D eigenvalue weighted by Gasteiger charge is -2.18. The summed E-state index contributed by atoms with van der Waals surface area (Å²) in [5.41, 5.74) is 4.26. The van der Waals surface area contributed by atoms with Crippen LogP contribution in [0, 0.1) is 6.92 Å². The summed E-state index contributed by atoms with van der Waals surface area (Å²) in [6, 6.07) is 16.3. The second-order valence-corrected chi connectivity index (χ2v) is 9.54. The highest BCUT2D eigenvalue weighted by molar-refractivity contribution is 7.89. The topological polar surface area (TPSA) is 54.5 Å². The standard InChI is InChI=1S/C24H25NO3S/c1-18-13-15-21(16-14-18)29(27,28)25-17-22(19-9-7-4-8-10-19)23(24(25)26)20-11-5-2-3-6-12-20/h4,7-11,13-16H,2-3,5-6,12,17H2,1H3. The Morgan fingerprint density at radius 1 is 0.897 bits per heavy atom. The summed E-state index contributed by atoms with van der Waals surface area (Å²) < 4.78 is 27.6. The number of allylic oxidation sites excluding steroid dienone is 1. The van der Waals surface area contributed by atoms with E-state index in [2.05, 4.69) is 6.08 Å². The van der Waals surface area contributed by atoms with Crippen LogP contribution in [-0.2, 0) is 14.8 Å². The van der Waals surface area contributed by atoms with Gasteiger partial charge in [0, 0.05) is 5.57 Å². The molecule has 0 saturated heterocycles. The van der Waals surface area contributed by atoms with Gasteiger partial charge in [0.2, 0.25) is 0 Å². The van der Waals surface area contributed by atoms with E-state index in [9.17, 15) is 13.2 Å². The van der Waals surface area contributed by atoms with Crippen LogP contribution in [0.5, 0.6) is 0 Å². The smallest absolute Gasteiger partial charge is 0.268 e. The molecular weight excluding hydrogens is 382 g/mol. The van der Waals surface area contributed by atoms with Crippen LogP contribution in [0.3, 0.4) is 0 Å². The minimum Gasteiger partial charge on any atom is -0.268 e. The summed E-state index contributed by atoms with van der Waals surface area (Å²) in [5, 5.41) is 0. The second-order valence-electron chi connectivity index (χ2n) is 7.68. The number of hydrogen-bond acceptors (Lipinski definition) is 3. The van der Waals surface area contributed by atoms with Gasteiger partial charge < -0.3 is 0 Å². The first-order valence-electron chi connectivity index (χ1n) is 10.1. The lowest BCUT2D eigenvalue weighted by molar-refractivity contribution is -0.121. The SMILES string of the molecule is Cc1ccc(S(=O)(=O)N2CC(c3ccccc3)=C(C3=CCCCCC3)C2=O)cc1. The average Bonchev–Trinajstić information content (AvgIpc) is 2.89. The molecule has 4 nitrogen and oxygen atoms in total. The van der Waals surface area contributed by atoms with Gasteiger partial charge in [0.05, 0.1) is 11.4 Å². The Morgan fingerprint density at radius 3 is 2.34 bits per heavy atom. The zero-order valence-corrected chi connectivity index (χ0v) is 17.4. The van der Waals surface area contributed by atoms with Crippen molar-refractivity contribution in [3.63, 3.8) is 0 Å². The molecule has 150 valence electrons. The molecule has 2 aromatic carbocycles. The summed E-state index contributed by atoms with van der Waals surface area (Å²) in [5.74, 6) is -0.405. The summed E-state index contributed by atoms with van der Waals surface area (Å²) in [6.07, 6.45) is 7.14. The highest BCUT2D eigenvalue weighted by Crippen LogP contribution is 2.38. The normalized spacial score (nSPS) is 18.0. The van der Waals surface area contributed by atoms with Gasteiger partial charge in [-0.05, 0) is 61.4 Å². The first-order valence-corrected chi connectivity index (χ1v) is 11.5. The predicted molar refractivity (Wildman–Crippen MR) is 115 cm³/mol. The number of benzene rings is 2. The lowest BCUT2D eigenvalue weighted by Crippen LogP contribution is -2.34. The van der Waals surface area contributed by atoms with Crippen LogP contribution < -0.4 is 0 Å². The predicted octanol–water partition coefficient (Wildman–Crippen LogP) is 4.87. The maximum absolute atomic E-state index is 13.4. The fourth-order valence-electron chi connectivity index (χ4n) is 4.03. The number of rotatable bonds is 4. The summed E-state index contributed by atoms with van der Waals surface area (Å²) >= 11 is 0. The fraction of sp³-hybridized carbons (Fsp3) is 0.292. The average molecular weight is 408 g/mol. The molecule has 0 saturated carbocycles. The highest BCUT2D eigenvalue weighted by atomic mass is 32.2. The molecule has 0 fully saturated rings. The van der Waals surface area contributed by atoms with Gasteiger partial charge in [0.25, 0.3) is 15.9 Å². The Bertz CT molecular complexity index is 1080. The van der Waals surface area contributed by atoms with Crippen molar-refractivity contribution in [1.82, 2.24) is 4.31 Å². The van der Waals surface area contributed by atoms with Crippen LogP contribution >= 0.6 is 0 Å². The molecule has 2 aromatic rings. The van der Waals surface area contributed by atoms with Crippen molar-refractivity contribution in [2.45, 2.75) is 43.9 Å². The van der Waals surface area contributed by atoms with E-state index >= 15 is 0 Å².